The zero-order valence-electron chi connectivity index (χ0n) is 12.7. The van der Waals surface area contributed by atoms with E-state index in [1.807, 2.05) is 12.1 Å². The van der Waals surface area contributed by atoms with Gasteiger partial charge in [-0.15, -0.1) is 0 Å². The van der Waals surface area contributed by atoms with Crippen molar-refractivity contribution in [3.8, 4) is 5.75 Å². The number of nitrogens with one attached hydrogen (secondary N) is 1. The lowest BCUT2D eigenvalue weighted by atomic mass is 10.00. The lowest BCUT2D eigenvalue weighted by molar-refractivity contribution is 0.419. The third-order valence-corrected chi connectivity index (χ3v) is 4.26. The number of halogens is 1. The zero-order valence-corrected chi connectivity index (χ0v) is 14.3. The molecule has 2 aromatic carbocycles. The van der Waals surface area contributed by atoms with Gasteiger partial charge in [0.1, 0.15) is 5.75 Å². The van der Waals surface area contributed by atoms with Crippen molar-refractivity contribution in [1.29, 1.82) is 0 Å². The van der Waals surface area contributed by atoms with Crippen molar-refractivity contribution in [3.05, 3.63) is 63.6 Å². The predicted octanol–water partition coefficient (Wildman–Crippen LogP) is 5.27. The van der Waals surface area contributed by atoms with Crippen molar-refractivity contribution < 1.29 is 5.11 Å². The molecule has 3 heteroatoms. The molecular formula is C18H22BrNO. The minimum absolute atomic E-state index is 0.123. The molecule has 2 aromatic rings. The molecule has 0 aliphatic carbocycles. The Kier molecular flexibility index (Phi) is 5.43. The highest BCUT2D eigenvalue weighted by molar-refractivity contribution is 9.10. The van der Waals surface area contributed by atoms with E-state index < -0.39 is 0 Å². The molecular weight excluding hydrogens is 326 g/mol. The van der Waals surface area contributed by atoms with Gasteiger partial charge in [-0.2, -0.15) is 0 Å². The summed E-state index contributed by atoms with van der Waals surface area (Å²) in [5.74, 6) is 0.342. The highest BCUT2D eigenvalue weighted by Gasteiger charge is 2.17. The summed E-state index contributed by atoms with van der Waals surface area (Å²) in [4.78, 5) is 0. The number of phenols is 1. The van der Waals surface area contributed by atoms with Crippen LogP contribution < -0.4 is 5.32 Å². The number of benzene rings is 2. The second-order valence-electron chi connectivity index (χ2n) is 5.47. The van der Waals surface area contributed by atoms with E-state index >= 15 is 0 Å². The molecule has 0 fully saturated rings. The summed E-state index contributed by atoms with van der Waals surface area (Å²) >= 11 is 3.48. The van der Waals surface area contributed by atoms with Crippen molar-refractivity contribution in [1.82, 2.24) is 5.32 Å². The van der Waals surface area contributed by atoms with Gasteiger partial charge >= 0.3 is 0 Å². The topological polar surface area (TPSA) is 32.3 Å². The first kappa shape index (κ1) is 16.1. The van der Waals surface area contributed by atoms with Crippen LogP contribution in [0.5, 0.6) is 5.75 Å². The smallest absolute Gasteiger partial charge is 0.120 e. The standard InChI is InChI=1S/C18H22BrNO/c1-4-17(16-11-15(19)8-9-18(16)21)20-13(3)14-7-5-6-12(2)10-14/h5-11,13,17,20-21H,4H2,1-3H3/t13-,17?/m0/s1. The first-order chi connectivity index (χ1) is 10.0. The van der Waals surface area contributed by atoms with Gasteiger partial charge in [-0.3, -0.25) is 0 Å². The number of hydrogen-bond donors (Lipinski definition) is 2. The van der Waals surface area contributed by atoms with Crippen LogP contribution in [-0.2, 0) is 0 Å². The van der Waals surface area contributed by atoms with Crippen molar-refractivity contribution in [3.63, 3.8) is 0 Å². The van der Waals surface area contributed by atoms with Gasteiger partial charge in [-0.1, -0.05) is 52.7 Å². The predicted molar refractivity (Wildman–Crippen MR) is 91.6 cm³/mol. The van der Waals surface area contributed by atoms with Gasteiger partial charge in [-0.25, -0.2) is 0 Å². The quantitative estimate of drug-likeness (QED) is 0.772. The summed E-state index contributed by atoms with van der Waals surface area (Å²) in [6, 6.07) is 14.5. The van der Waals surface area contributed by atoms with Crippen LogP contribution >= 0.6 is 15.9 Å². The fourth-order valence-corrected chi connectivity index (χ4v) is 2.95. The fourth-order valence-electron chi connectivity index (χ4n) is 2.57. The second-order valence-corrected chi connectivity index (χ2v) is 6.38. The monoisotopic (exact) mass is 347 g/mol. The van der Waals surface area contributed by atoms with Gasteiger partial charge in [0.15, 0.2) is 0 Å². The molecule has 2 N–H and O–H groups in total. The van der Waals surface area contributed by atoms with Crippen LogP contribution in [0.4, 0.5) is 0 Å². The van der Waals surface area contributed by atoms with E-state index in [1.165, 1.54) is 11.1 Å². The first-order valence-corrected chi connectivity index (χ1v) is 8.11. The van der Waals surface area contributed by atoms with Crippen LogP contribution in [0.3, 0.4) is 0 Å². The SMILES string of the molecule is CCC(N[C@@H](C)c1cccc(C)c1)c1cc(Br)ccc1O. The number of rotatable bonds is 5. The molecule has 0 aliphatic heterocycles. The summed E-state index contributed by atoms with van der Waals surface area (Å²) < 4.78 is 0.985. The summed E-state index contributed by atoms with van der Waals surface area (Å²) in [5, 5.41) is 13.7. The van der Waals surface area contributed by atoms with Gasteiger partial charge in [0.25, 0.3) is 0 Å². The molecule has 2 atom stereocenters. The van der Waals surface area contributed by atoms with Crippen LogP contribution in [0.2, 0.25) is 0 Å². The number of aromatic hydroxyl groups is 1. The lowest BCUT2D eigenvalue weighted by Crippen LogP contribution is -2.24. The van der Waals surface area contributed by atoms with E-state index in [2.05, 4.69) is 66.3 Å². The summed E-state index contributed by atoms with van der Waals surface area (Å²) in [6.45, 7) is 6.39. The van der Waals surface area contributed by atoms with Crippen LogP contribution in [0, 0.1) is 6.92 Å². The Hall–Kier alpha value is -1.32. The third kappa shape index (κ3) is 4.08. The van der Waals surface area contributed by atoms with Crippen LogP contribution in [-0.4, -0.2) is 5.11 Å². The molecule has 0 saturated carbocycles. The number of aryl methyl sites for hydroxylation is 1. The van der Waals surface area contributed by atoms with Crippen LogP contribution in [0.1, 0.15) is 49.0 Å². The highest BCUT2D eigenvalue weighted by Crippen LogP contribution is 2.31. The second kappa shape index (κ2) is 7.10. The molecule has 0 amide bonds. The molecule has 0 aromatic heterocycles. The molecule has 2 nitrogen and oxygen atoms in total. The summed E-state index contributed by atoms with van der Waals surface area (Å²) in [6.07, 6.45) is 0.917. The molecule has 0 heterocycles. The van der Waals surface area contributed by atoms with Gasteiger partial charge in [0, 0.05) is 22.1 Å². The van der Waals surface area contributed by atoms with Crippen LogP contribution in [0.15, 0.2) is 46.9 Å². The van der Waals surface area contributed by atoms with Crippen molar-refractivity contribution in [2.24, 2.45) is 0 Å². The van der Waals surface area contributed by atoms with Crippen molar-refractivity contribution in [2.45, 2.75) is 39.3 Å². The molecule has 0 spiro atoms. The molecule has 0 saturated heterocycles. The van der Waals surface area contributed by atoms with Gasteiger partial charge < -0.3 is 10.4 Å². The Morgan fingerprint density at radius 1 is 1.19 bits per heavy atom. The Morgan fingerprint density at radius 2 is 1.95 bits per heavy atom. The molecule has 1 unspecified atom stereocenters. The van der Waals surface area contributed by atoms with E-state index in [1.54, 1.807) is 6.07 Å². The van der Waals surface area contributed by atoms with Gasteiger partial charge in [0.2, 0.25) is 0 Å². The molecule has 2 rings (SSSR count). The molecule has 0 bridgehead atoms. The fraction of sp³-hybridized carbons (Fsp3) is 0.333. The van der Waals surface area contributed by atoms with Crippen LogP contribution in [0.25, 0.3) is 0 Å². The Labute approximate surface area is 135 Å². The Balaban J connectivity index is 2.20. The van der Waals surface area contributed by atoms with E-state index in [0.717, 1.165) is 16.5 Å². The molecule has 0 aliphatic rings. The minimum atomic E-state index is 0.123. The molecule has 112 valence electrons. The first-order valence-electron chi connectivity index (χ1n) is 7.32. The Morgan fingerprint density at radius 3 is 2.62 bits per heavy atom. The molecule has 21 heavy (non-hydrogen) atoms. The largest absolute Gasteiger partial charge is 0.508 e. The van der Waals surface area contributed by atoms with E-state index in [-0.39, 0.29) is 12.1 Å². The van der Waals surface area contributed by atoms with Crippen molar-refractivity contribution in [2.75, 3.05) is 0 Å². The average molecular weight is 348 g/mol. The highest BCUT2D eigenvalue weighted by atomic mass is 79.9. The average Bonchev–Trinajstić information content (AvgIpc) is 2.47. The van der Waals surface area contributed by atoms with Gasteiger partial charge in [-0.05, 0) is 44.0 Å². The van der Waals surface area contributed by atoms with Gasteiger partial charge in [0.05, 0.1) is 0 Å². The van der Waals surface area contributed by atoms with E-state index in [0.29, 0.717) is 5.75 Å². The lowest BCUT2D eigenvalue weighted by Gasteiger charge is -2.24. The van der Waals surface area contributed by atoms with E-state index in [4.69, 9.17) is 0 Å². The normalized spacial score (nSPS) is 13.9. The maximum absolute atomic E-state index is 10.1. The summed E-state index contributed by atoms with van der Waals surface area (Å²) in [5.41, 5.74) is 3.47. The minimum Gasteiger partial charge on any atom is -0.508 e. The van der Waals surface area contributed by atoms with E-state index in [9.17, 15) is 5.11 Å². The summed E-state index contributed by atoms with van der Waals surface area (Å²) in [7, 11) is 0. The van der Waals surface area contributed by atoms with Crippen molar-refractivity contribution >= 4 is 15.9 Å². The zero-order chi connectivity index (χ0) is 15.4. The molecule has 0 radical (unpaired) electrons. The number of hydrogen-bond acceptors (Lipinski definition) is 2. The Bertz CT molecular complexity index is 612. The number of phenolic OH excluding ortho intramolecular Hbond substituents is 1. The third-order valence-electron chi connectivity index (χ3n) is 3.77. The maximum Gasteiger partial charge on any atom is 0.120 e. The maximum atomic E-state index is 10.1.